The first-order valence-corrected chi connectivity index (χ1v) is 6.95. The fourth-order valence-electron chi connectivity index (χ4n) is 2.62. The first-order chi connectivity index (χ1) is 9.45. The minimum absolute atomic E-state index is 0.201. The molecule has 0 amide bonds. The Morgan fingerprint density at radius 2 is 2.05 bits per heavy atom. The van der Waals surface area contributed by atoms with Crippen molar-refractivity contribution in [2.75, 3.05) is 6.54 Å². The van der Waals surface area contributed by atoms with E-state index in [1.165, 1.54) is 0 Å². The van der Waals surface area contributed by atoms with E-state index < -0.39 is 0 Å². The molecule has 3 nitrogen and oxygen atoms in total. The largest absolute Gasteiger partial charge is 0.330 e. The predicted octanol–water partition coefficient (Wildman–Crippen LogP) is 3.30. The van der Waals surface area contributed by atoms with Gasteiger partial charge in [0.25, 0.3) is 0 Å². The summed E-state index contributed by atoms with van der Waals surface area (Å²) < 4.78 is 16.0. The molecule has 1 heterocycles. The smallest absolute Gasteiger partial charge is 0.131 e. The Hall–Kier alpha value is -1.68. The van der Waals surface area contributed by atoms with Gasteiger partial charge in [0.05, 0.1) is 5.69 Å². The van der Waals surface area contributed by atoms with E-state index in [4.69, 9.17) is 5.73 Å². The quantitative estimate of drug-likeness (QED) is 0.930. The molecule has 0 saturated carbocycles. The summed E-state index contributed by atoms with van der Waals surface area (Å²) in [7, 11) is 1.88. The van der Waals surface area contributed by atoms with Crippen molar-refractivity contribution in [2.45, 2.75) is 33.1 Å². The van der Waals surface area contributed by atoms with Gasteiger partial charge in [0.15, 0.2) is 0 Å². The van der Waals surface area contributed by atoms with Crippen molar-refractivity contribution >= 4 is 0 Å². The zero-order valence-electron chi connectivity index (χ0n) is 12.6. The van der Waals surface area contributed by atoms with E-state index in [1.54, 1.807) is 10.7 Å². The fourth-order valence-corrected chi connectivity index (χ4v) is 2.62. The SMILES string of the molecule is Cc1nn(C)c(C)c1-c1cc(C(C)CCN)ccc1F. The molecule has 0 fully saturated rings. The van der Waals surface area contributed by atoms with Crippen molar-refractivity contribution < 1.29 is 4.39 Å². The fraction of sp³-hybridized carbons (Fsp3) is 0.438. The van der Waals surface area contributed by atoms with Crippen LogP contribution in [-0.2, 0) is 7.05 Å². The van der Waals surface area contributed by atoms with Gasteiger partial charge >= 0.3 is 0 Å². The monoisotopic (exact) mass is 275 g/mol. The molecule has 2 rings (SSSR count). The summed E-state index contributed by atoms with van der Waals surface area (Å²) in [5.74, 6) is 0.129. The maximum atomic E-state index is 14.2. The molecule has 1 atom stereocenters. The summed E-state index contributed by atoms with van der Waals surface area (Å²) in [5, 5.41) is 4.37. The van der Waals surface area contributed by atoms with Crippen molar-refractivity contribution in [1.29, 1.82) is 0 Å². The molecule has 20 heavy (non-hydrogen) atoms. The van der Waals surface area contributed by atoms with Gasteiger partial charge in [-0.05, 0) is 50.4 Å². The van der Waals surface area contributed by atoms with Gasteiger partial charge in [-0.15, -0.1) is 0 Å². The van der Waals surface area contributed by atoms with Crippen LogP contribution in [0.4, 0.5) is 4.39 Å². The van der Waals surface area contributed by atoms with E-state index in [0.717, 1.165) is 28.9 Å². The Bertz CT molecular complexity index is 616. The van der Waals surface area contributed by atoms with Crippen LogP contribution < -0.4 is 5.73 Å². The second-order valence-electron chi connectivity index (χ2n) is 5.39. The van der Waals surface area contributed by atoms with Gasteiger partial charge in [0.2, 0.25) is 0 Å². The Balaban J connectivity index is 2.53. The Morgan fingerprint density at radius 3 is 2.60 bits per heavy atom. The molecule has 108 valence electrons. The second-order valence-corrected chi connectivity index (χ2v) is 5.39. The van der Waals surface area contributed by atoms with Crippen LogP contribution in [0.1, 0.15) is 36.2 Å². The highest BCUT2D eigenvalue weighted by molar-refractivity contribution is 5.69. The molecule has 4 heteroatoms. The van der Waals surface area contributed by atoms with E-state index in [-0.39, 0.29) is 5.82 Å². The molecule has 0 aliphatic carbocycles. The second kappa shape index (κ2) is 5.75. The number of hydrogen-bond acceptors (Lipinski definition) is 2. The van der Waals surface area contributed by atoms with Crippen LogP contribution in [0, 0.1) is 19.7 Å². The van der Waals surface area contributed by atoms with Crippen LogP contribution in [0.5, 0.6) is 0 Å². The number of rotatable bonds is 4. The van der Waals surface area contributed by atoms with E-state index in [1.807, 2.05) is 33.0 Å². The lowest BCUT2D eigenvalue weighted by Gasteiger charge is -2.13. The van der Waals surface area contributed by atoms with Gasteiger partial charge in [-0.25, -0.2) is 4.39 Å². The number of aryl methyl sites for hydroxylation is 2. The normalized spacial score (nSPS) is 12.7. The van der Waals surface area contributed by atoms with Gasteiger partial charge in [-0.1, -0.05) is 13.0 Å². The third kappa shape index (κ3) is 2.61. The van der Waals surface area contributed by atoms with Gasteiger partial charge in [0.1, 0.15) is 5.82 Å². The first kappa shape index (κ1) is 14.7. The summed E-state index contributed by atoms with van der Waals surface area (Å²) in [6.07, 6.45) is 0.899. The topological polar surface area (TPSA) is 43.8 Å². The van der Waals surface area contributed by atoms with Crippen LogP contribution in [0.25, 0.3) is 11.1 Å². The highest BCUT2D eigenvalue weighted by Gasteiger charge is 2.17. The molecule has 2 N–H and O–H groups in total. The highest BCUT2D eigenvalue weighted by atomic mass is 19.1. The van der Waals surface area contributed by atoms with Crippen molar-refractivity contribution in [3.05, 3.63) is 41.0 Å². The summed E-state index contributed by atoms with van der Waals surface area (Å²) in [5.41, 5.74) is 10.1. The maximum absolute atomic E-state index is 14.2. The molecule has 1 unspecified atom stereocenters. The van der Waals surface area contributed by atoms with Gasteiger partial charge in [0, 0.05) is 23.9 Å². The molecule has 0 spiro atoms. The molecule has 0 aliphatic rings. The molecule has 2 aromatic rings. The Kier molecular flexibility index (Phi) is 4.23. The minimum Gasteiger partial charge on any atom is -0.330 e. The number of nitrogens with zero attached hydrogens (tertiary/aromatic N) is 2. The lowest BCUT2D eigenvalue weighted by atomic mass is 9.93. The lowest BCUT2D eigenvalue weighted by Crippen LogP contribution is -2.05. The third-order valence-electron chi connectivity index (χ3n) is 3.94. The van der Waals surface area contributed by atoms with Crippen molar-refractivity contribution in [3.63, 3.8) is 0 Å². The minimum atomic E-state index is -0.201. The Labute approximate surface area is 119 Å². The molecular weight excluding hydrogens is 253 g/mol. The highest BCUT2D eigenvalue weighted by Crippen LogP contribution is 2.32. The molecule has 0 bridgehead atoms. The number of nitrogens with two attached hydrogens (primary N) is 1. The van der Waals surface area contributed by atoms with Crippen LogP contribution in [0.15, 0.2) is 18.2 Å². The van der Waals surface area contributed by atoms with Crippen LogP contribution >= 0.6 is 0 Å². The zero-order valence-corrected chi connectivity index (χ0v) is 12.6. The van der Waals surface area contributed by atoms with E-state index >= 15 is 0 Å². The van der Waals surface area contributed by atoms with Crippen LogP contribution in [0.3, 0.4) is 0 Å². The molecule has 0 aliphatic heterocycles. The van der Waals surface area contributed by atoms with Crippen molar-refractivity contribution in [1.82, 2.24) is 9.78 Å². The third-order valence-corrected chi connectivity index (χ3v) is 3.94. The first-order valence-electron chi connectivity index (χ1n) is 6.95. The van der Waals surface area contributed by atoms with Gasteiger partial charge in [-0.3, -0.25) is 4.68 Å². The molecule has 0 radical (unpaired) electrons. The molecule has 0 saturated heterocycles. The average Bonchev–Trinajstić information content (AvgIpc) is 2.65. The van der Waals surface area contributed by atoms with Gasteiger partial charge in [-0.2, -0.15) is 5.10 Å². The van der Waals surface area contributed by atoms with Crippen LogP contribution in [0.2, 0.25) is 0 Å². The molecule has 1 aromatic carbocycles. The average molecular weight is 275 g/mol. The summed E-state index contributed by atoms with van der Waals surface area (Å²) in [6, 6.07) is 5.33. The zero-order chi connectivity index (χ0) is 14.9. The number of halogens is 1. The standard InChI is InChI=1S/C16H22FN3/c1-10(7-8-18)13-5-6-15(17)14(9-13)16-11(2)19-20(4)12(16)3/h5-6,9-10H,7-8,18H2,1-4H3. The van der Waals surface area contributed by atoms with E-state index in [2.05, 4.69) is 12.0 Å². The van der Waals surface area contributed by atoms with Gasteiger partial charge < -0.3 is 5.73 Å². The number of aromatic nitrogens is 2. The van der Waals surface area contributed by atoms with E-state index in [0.29, 0.717) is 18.0 Å². The summed E-state index contributed by atoms with van der Waals surface area (Å²) in [4.78, 5) is 0. The van der Waals surface area contributed by atoms with Crippen molar-refractivity contribution in [2.24, 2.45) is 12.8 Å². The maximum Gasteiger partial charge on any atom is 0.131 e. The molecular formula is C16H22FN3. The number of benzene rings is 1. The van der Waals surface area contributed by atoms with Crippen molar-refractivity contribution in [3.8, 4) is 11.1 Å². The predicted molar refractivity (Wildman–Crippen MR) is 80.2 cm³/mol. The lowest BCUT2D eigenvalue weighted by molar-refractivity contribution is 0.627. The molecule has 1 aromatic heterocycles. The summed E-state index contributed by atoms with van der Waals surface area (Å²) >= 11 is 0. The summed E-state index contributed by atoms with van der Waals surface area (Å²) in [6.45, 7) is 6.63. The van der Waals surface area contributed by atoms with Crippen LogP contribution in [-0.4, -0.2) is 16.3 Å². The Morgan fingerprint density at radius 1 is 1.35 bits per heavy atom. The van der Waals surface area contributed by atoms with E-state index in [9.17, 15) is 4.39 Å². The number of hydrogen-bond donors (Lipinski definition) is 1.